The van der Waals surface area contributed by atoms with Crippen molar-refractivity contribution in [2.24, 2.45) is 0 Å². The molecule has 0 bridgehead atoms. The van der Waals surface area contributed by atoms with Crippen molar-refractivity contribution in [3.8, 4) is 0 Å². The van der Waals surface area contributed by atoms with E-state index >= 15 is 0 Å². The fourth-order valence-electron chi connectivity index (χ4n) is 2.17. The lowest BCUT2D eigenvalue weighted by molar-refractivity contribution is 0.00578. The first-order valence-corrected chi connectivity index (χ1v) is 8.13. The molecule has 0 radical (unpaired) electrons. The number of ether oxygens (including phenoxy) is 1. The van der Waals surface area contributed by atoms with Gasteiger partial charge in [0.25, 0.3) is 0 Å². The summed E-state index contributed by atoms with van der Waals surface area (Å²) < 4.78 is 19.0. The summed E-state index contributed by atoms with van der Waals surface area (Å²) in [5.74, 6) is 0. The Labute approximate surface area is 144 Å². The van der Waals surface area contributed by atoms with E-state index in [1.165, 1.54) is 4.90 Å². The number of carbonyl (C=O) groups is 1. The summed E-state index contributed by atoms with van der Waals surface area (Å²) in [5.41, 5.74) is -0.491. The van der Waals surface area contributed by atoms with E-state index in [2.05, 4.69) is 5.10 Å². The van der Waals surface area contributed by atoms with Gasteiger partial charge in [-0.2, -0.15) is 5.10 Å². The van der Waals surface area contributed by atoms with Crippen molar-refractivity contribution in [3.05, 3.63) is 12.4 Å². The van der Waals surface area contributed by atoms with E-state index in [0.717, 1.165) is 5.46 Å². The van der Waals surface area contributed by atoms with Crippen LogP contribution in [0.5, 0.6) is 0 Å². The summed E-state index contributed by atoms with van der Waals surface area (Å²) in [4.78, 5) is 13.5. The Morgan fingerprint density at radius 2 is 1.83 bits per heavy atom. The molecule has 1 fully saturated rings. The molecule has 1 amide bonds. The van der Waals surface area contributed by atoms with Crippen LogP contribution >= 0.6 is 0 Å². The maximum Gasteiger partial charge on any atom is 0.498 e. The molecular weight excluding hydrogens is 309 g/mol. The highest BCUT2D eigenvalue weighted by molar-refractivity contribution is 6.61. The zero-order valence-electron chi connectivity index (χ0n) is 15.9. The van der Waals surface area contributed by atoms with Crippen LogP contribution in [0.25, 0.3) is 0 Å². The van der Waals surface area contributed by atoms with E-state index in [4.69, 9.17) is 14.0 Å². The Morgan fingerprint density at radius 1 is 1.29 bits per heavy atom. The van der Waals surface area contributed by atoms with Crippen LogP contribution in [0.4, 0.5) is 4.79 Å². The number of amides is 1. The van der Waals surface area contributed by atoms with Crippen LogP contribution in [0.2, 0.25) is 0 Å². The van der Waals surface area contributed by atoms with Gasteiger partial charge in [0, 0.05) is 24.9 Å². The first-order valence-electron chi connectivity index (χ1n) is 8.13. The quantitative estimate of drug-likeness (QED) is 0.790. The summed E-state index contributed by atoms with van der Waals surface area (Å²) >= 11 is 0. The summed E-state index contributed by atoms with van der Waals surface area (Å²) in [6.45, 7) is 13.8. The maximum absolute atomic E-state index is 12.0. The lowest BCUT2D eigenvalue weighted by Crippen LogP contribution is -2.41. The van der Waals surface area contributed by atoms with Crippen molar-refractivity contribution >= 4 is 18.7 Å². The van der Waals surface area contributed by atoms with Gasteiger partial charge in [0.15, 0.2) is 0 Å². The van der Waals surface area contributed by atoms with Gasteiger partial charge in [-0.1, -0.05) is 0 Å². The summed E-state index contributed by atoms with van der Waals surface area (Å²) in [5, 5.41) is 4.28. The fraction of sp³-hybridized carbons (Fsp3) is 0.750. The Hall–Kier alpha value is -1.54. The number of hydrogen-bond acceptors (Lipinski definition) is 5. The highest BCUT2D eigenvalue weighted by atomic mass is 16.7. The molecule has 0 spiro atoms. The molecule has 2 rings (SSSR count). The number of nitrogens with zero attached hydrogens (tertiary/aromatic N) is 3. The first kappa shape index (κ1) is 18.8. The molecule has 2 heterocycles. The smallest absolute Gasteiger partial charge is 0.444 e. The van der Waals surface area contributed by atoms with Gasteiger partial charge in [-0.05, 0) is 48.5 Å². The maximum atomic E-state index is 12.0. The van der Waals surface area contributed by atoms with Crippen molar-refractivity contribution < 1.29 is 18.8 Å². The fourth-order valence-corrected chi connectivity index (χ4v) is 2.17. The van der Waals surface area contributed by atoms with E-state index in [1.54, 1.807) is 17.9 Å². The van der Waals surface area contributed by atoms with Gasteiger partial charge >= 0.3 is 13.2 Å². The SMILES string of the molecule is CN(Cn1cc(B2OC(C)(C)C(C)(C)O2)cn1)C(=O)OC(C)(C)C. The summed E-state index contributed by atoms with van der Waals surface area (Å²) in [6, 6.07) is 0. The molecule has 0 saturated carbocycles. The second-order valence-electron chi connectivity index (χ2n) is 8.22. The predicted octanol–water partition coefficient (Wildman–Crippen LogP) is 2.01. The molecule has 134 valence electrons. The molecule has 0 aromatic carbocycles. The molecule has 7 nitrogen and oxygen atoms in total. The largest absolute Gasteiger partial charge is 0.498 e. The average Bonchev–Trinajstić information content (AvgIpc) is 2.90. The minimum atomic E-state index is -0.524. The molecule has 0 atom stereocenters. The zero-order chi connectivity index (χ0) is 18.3. The van der Waals surface area contributed by atoms with E-state index in [1.807, 2.05) is 54.7 Å². The highest BCUT2D eigenvalue weighted by Gasteiger charge is 2.52. The van der Waals surface area contributed by atoms with Crippen molar-refractivity contribution in [1.29, 1.82) is 0 Å². The third-order valence-corrected chi connectivity index (χ3v) is 4.24. The number of rotatable bonds is 3. The Kier molecular flexibility index (Phi) is 4.76. The minimum Gasteiger partial charge on any atom is -0.444 e. The van der Waals surface area contributed by atoms with Crippen molar-refractivity contribution in [1.82, 2.24) is 14.7 Å². The van der Waals surface area contributed by atoms with Crippen LogP contribution in [-0.4, -0.2) is 51.7 Å². The van der Waals surface area contributed by atoms with Gasteiger partial charge in [0.1, 0.15) is 12.3 Å². The number of carbonyl (C=O) groups excluding carboxylic acids is 1. The standard InChI is InChI=1S/C16H28BN3O4/c1-14(2,3)22-13(21)19(8)11-20-10-12(9-18-20)17-23-15(4,5)16(6,7)24-17/h9-10H,11H2,1-8H3. The first-order chi connectivity index (χ1) is 10.8. The Balaban J connectivity index is 2.01. The van der Waals surface area contributed by atoms with Gasteiger partial charge in [0.2, 0.25) is 0 Å². The normalized spacial score (nSPS) is 19.4. The van der Waals surface area contributed by atoms with Crippen LogP contribution in [0.1, 0.15) is 48.5 Å². The molecule has 1 aliphatic heterocycles. The van der Waals surface area contributed by atoms with Crippen LogP contribution in [0.3, 0.4) is 0 Å². The van der Waals surface area contributed by atoms with E-state index in [-0.39, 0.29) is 6.67 Å². The minimum absolute atomic E-state index is 0.286. The molecule has 8 heteroatoms. The third kappa shape index (κ3) is 4.10. The molecule has 1 aromatic heterocycles. The second-order valence-corrected chi connectivity index (χ2v) is 8.22. The summed E-state index contributed by atoms with van der Waals surface area (Å²) in [7, 11) is 1.21. The molecule has 1 saturated heterocycles. The lowest BCUT2D eigenvalue weighted by Gasteiger charge is -2.32. The van der Waals surface area contributed by atoms with Crippen LogP contribution in [-0.2, 0) is 20.7 Å². The van der Waals surface area contributed by atoms with Gasteiger partial charge in [-0.3, -0.25) is 9.58 Å². The molecule has 0 N–H and O–H groups in total. The van der Waals surface area contributed by atoms with Crippen molar-refractivity contribution in [2.45, 2.75) is 71.9 Å². The summed E-state index contributed by atoms with van der Waals surface area (Å²) in [6.07, 6.45) is 3.13. The molecule has 1 aromatic rings. The van der Waals surface area contributed by atoms with Crippen LogP contribution < -0.4 is 5.46 Å². The second kappa shape index (κ2) is 6.08. The number of hydrogen-bond donors (Lipinski definition) is 0. The Bertz CT molecular complexity index is 591. The van der Waals surface area contributed by atoms with E-state index in [9.17, 15) is 4.79 Å². The van der Waals surface area contributed by atoms with E-state index in [0.29, 0.717) is 0 Å². The topological polar surface area (TPSA) is 65.8 Å². The van der Waals surface area contributed by atoms with Gasteiger partial charge in [-0.15, -0.1) is 0 Å². The van der Waals surface area contributed by atoms with Gasteiger partial charge in [-0.25, -0.2) is 4.79 Å². The number of aromatic nitrogens is 2. The van der Waals surface area contributed by atoms with Crippen molar-refractivity contribution in [2.75, 3.05) is 7.05 Å². The van der Waals surface area contributed by atoms with Crippen molar-refractivity contribution in [3.63, 3.8) is 0 Å². The molecule has 0 unspecified atom stereocenters. The van der Waals surface area contributed by atoms with Crippen LogP contribution in [0, 0.1) is 0 Å². The van der Waals surface area contributed by atoms with Crippen LogP contribution in [0.15, 0.2) is 12.4 Å². The third-order valence-electron chi connectivity index (χ3n) is 4.24. The average molecular weight is 337 g/mol. The molecular formula is C16H28BN3O4. The highest BCUT2D eigenvalue weighted by Crippen LogP contribution is 2.36. The van der Waals surface area contributed by atoms with Gasteiger partial charge < -0.3 is 14.0 Å². The van der Waals surface area contributed by atoms with E-state index < -0.39 is 30.0 Å². The molecule has 0 aliphatic carbocycles. The zero-order valence-corrected chi connectivity index (χ0v) is 15.9. The molecule has 24 heavy (non-hydrogen) atoms. The Morgan fingerprint density at radius 3 is 2.33 bits per heavy atom. The monoisotopic (exact) mass is 337 g/mol. The molecule has 1 aliphatic rings. The predicted molar refractivity (Wildman–Crippen MR) is 91.9 cm³/mol. The lowest BCUT2D eigenvalue weighted by atomic mass is 9.82. The van der Waals surface area contributed by atoms with Gasteiger partial charge in [0.05, 0.1) is 11.2 Å².